The van der Waals surface area contributed by atoms with Crippen LogP contribution < -0.4 is 11.1 Å². The zero-order chi connectivity index (χ0) is 13.0. The average Bonchev–Trinajstić information content (AvgIpc) is 2.41. The predicted molar refractivity (Wildman–Crippen MR) is 69.8 cm³/mol. The van der Waals surface area contributed by atoms with Gasteiger partial charge in [-0.3, -0.25) is 0 Å². The molecule has 18 heavy (non-hydrogen) atoms. The lowest BCUT2D eigenvalue weighted by atomic mass is 9.85. The minimum atomic E-state index is 0.192. The SMILES string of the molecule is N#Cc1nc(NC2CCCCC2CO)ccc1N. The summed E-state index contributed by atoms with van der Waals surface area (Å²) in [4.78, 5) is 4.17. The zero-order valence-corrected chi connectivity index (χ0v) is 10.3. The van der Waals surface area contributed by atoms with Gasteiger partial charge in [0, 0.05) is 18.6 Å². The maximum Gasteiger partial charge on any atom is 0.165 e. The summed E-state index contributed by atoms with van der Waals surface area (Å²) in [6, 6.07) is 5.66. The van der Waals surface area contributed by atoms with Crippen molar-refractivity contribution in [2.45, 2.75) is 31.7 Å². The Morgan fingerprint density at radius 3 is 2.94 bits per heavy atom. The van der Waals surface area contributed by atoms with Crippen LogP contribution in [-0.2, 0) is 0 Å². The van der Waals surface area contributed by atoms with Crippen LogP contribution in [0.5, 0.6) is 0 Å². The van der Waals surface area contributed by atoms with E-state index in [1.54, 1.807) is 12.1 Å². The van der Waals surface area contributed by atoms with E-state index in [-0.39, 0.29) is 24.3 Å². The first-order valence-electron chi connectivity index (χ1n) is 6.28. The van der Waals surface area contributed by atoms with E-state index in [0.717, 1.165) is 19.3 Å². The fraction of sp³-hybridized carbons (Fsp3) is 0.538. The van der Waals surface area contributed by atoms with E-state index >= 15 is 0 Å². The van der Waals surface area contributed by atoms with Crippen molar-refractivity contribution < 1.29 is 5.11 Å². The number of aliphatic hydroxyl groups is 1. The van der Waals surface area contributed by atoms with E-state index in [2.05, 4.69) is 10.3 Å². The van der Waals surface area contributed by atoms with E-state index in [1.165, 1.54) is 6.42 Å². The molecule has 0 radical (unpaired) electrons. The third-order valence-corrected chi connectivity index (χ3v) is 3.51. The molecule has 1 fully saturated rings. The van der Waals surface area contributed by atoms with Crippen LogP contribution >= 0.6 is 0 Å². The molecule has 96 valence electrons. The zero-order valence-electron chi connectivity index (χ0n) is 10.3. The van der Waals surface area contributed by atoms with Crippen molar-refractivity contribution in [1.82, 2.24) is 4.98 Å². The quantitative estimate of drug-likeness (QED) is 0.751. The van der Waals surface area contributed by atoms with E-state index in [1.807, 2.05) is 6.07 Å². The van der Waals surface area contributed by atoms with Crippen molar-refractivity contribution in [3.8, 4) is 6.07 Å². The molecule has 1 aliphatic carbocycles. The van der Waals surface area contributed by atoms with Crippen molar-refractivity contribution >= 4 is 11.5 Å². The average molecular weight is 246 g/mol. The number of pyridine rings is 1. The first kappa shape index (κ1) is 12.7. The lowest BCUT2D eigenvalue weighted by molar-refractivity contribution is 0.178. The first-order chi connectivity index (χ1) is 8.74. The molecular formula is C13H18N4O. The smallest absolute Gasteiger partial charge is 0.165 e. The van der Waals surface area contributed by atoms with Gasteiger partial charge in [-0.2, -0.15) is 5.26 Å². The summed E-state index contributed by atoms with van der Waals surface area (Å²) < 4.78 is 0. The Labute approximate surface area is 107 Å². The van der Waals surface area contributed by atoms with Crippen LogP contribution in [0.15, 0.2) is 12.1 Å². The van der Waals surface area contributed by atoms with Gasteiger partial charge in [-0.05, 0) is 25.0 Å². The topological polar surface area (TPSA) is 95.0 Å². The molecule has 0 aromatic carbocycles. The van der Waals surface area contributed by atoms with Gasteiger partial charge in [0.25, 0.3) is 0 Å². The molecule has 0 aliphatic heterocycles. The number of hydrogen-bond acceptors (Lipinski definition) is 5. The second-order valence-electron chi connectivity index (χ2n) is 4.72. The molecule has 4 N–H and O–H groups in total. The normalized spacial score (nSPS) is 23.3. The standard InChI is InChI=1S/C13H18N4O/c14-7-12-10(15)5-6-13(17-12)16-11-4-2-1-3-9(11)8-18/h5-6,9,11,18H,1-4,8,15H2,(H,16,17). The number of aromatic nitrogens is 1. The van der Waals surface area contributed by atoms with Gasteiger partial charge < -0.3 is 16.2 Å². The molecular weight excluding hydrogens is 228 g/mol. The Bertz CT molecular complexity index is 455. The van der Waals surface area contributed by atoms with Crippen LogP contribution in [-0.4, -0.2) is 22.7 Å². The minimum Gasteiger partial charge on any atom is -0.396 e. The third kappa shape index (κ3) is 2.71. The summed E-state index contributed by atoms with van der Waals surface area (Å²) in [5.41, 5.74) is 6.27. The van der Waals surface area contributed by atoms with E-state index < -0.39 is 0 Å². The van der Waals surface area contributed by atoms with Gasteiger partial charge >= 0.3 is 0 Å². The number of nitrogens with zero attached hydrogens (tertiary/aromatic N) is 2. The van der Waals surface area contributed by atoms with Crippen molar-refractivity contribution in [2.24, 2.45) is 5.92 Å². The highest BCUT2D eigenvalue weighted by Crippen LogP contribution is 2.26. The number of aliphatic hydroxyl groups excluding tert-OH is 1. The number of anilines is 2. The van der Waals surface area contributed by atoms with E-state index in [4.69, 9.17) is 11.0 Å². The number of nitrogen functional groups attached to an aromatic ring is 1. The van der Waals surface area contributed by atoms with E-state index in [9.17, 15) is 5.11 Å². The summed E-state index contributed by atoms with van der Waals surface area (Å²) in [6.45, 7) is 0.192. The fourth-order valence-electron chi connectivity index (χ4n) is 2.45. The van der Waals surface area contributed by atoms with Gasteiger partial charge in [-0.15, -0.1) is 0 Å². The Morgan fingerprint density at radius 1 is 1.44 bits per heavy atom. The lowest BCUT2D eigenvalue weighted by Crippen LogP contribution is -2.34. The molecule has 1 aliphatic rings. The molecule has 5 nitrogen and oxygen atoms in total. The Hall–Kier alpha value is -1.80. The van der Waals surface area contributed by atoms with Gasteiger partial charge in [-0.1, -0.05) is 12.8 Å². The Morgan fingerprint density at radius 2 is 2.22 bits per heavy atom. The number of nitriles is 1. The first-order valence-corrected chi connectivity index (χ1v) is 6.28. The molecule has 0 bridgehead atoms. The number of nitrogens with one attached hydrogen (secondary N) is 1. The van der Waals surface area contributed by atoms with Gasteiger partial charge in [0.15, 0.2) is 5.69 Å². The van der Waals surface area contributed by atoms with Crippen LogP contribution in [0.3, 0.4) is 0 Å². The lowest BCUT2D eigenvalue weighted by Gasteiger charge is -2.31. The summed E-state index contributed by atoms with van der Waals surface area (Å²) in [5, 5.41) is 21.5. The third-order valence-electron chi connectivity index (χ3n) is 3.51. The van der Waals surface area contributed by atoms with Gasteiger partial charge in [0.2, 0.25) is 0 Å². The molecule has 1 heterocycles. The molecule has 1 aromatic heterocycles. The summed E-state index contributed by atoms with van der Waals surface area (Å²) in [6.07, 6.45) is 4.39. The number of nitrogens with two attached hydrogens (primary N) is 1. The van der Waals surface area contributed by atoms with Crippen LogP contribution in [0.4, 0.5) is 11.5 Å². The van der Waals surface area contributed by atoms with E-state index in [0.29, 0.717) is 11.5 Å². The van der Waals surface area contributed by atoms with Crippen LogP contribution in [0, 0.1) is 17.2 Å². The summed E-state index contributed by atoms with van der Waals surface area (Å²) in [7, 11) is 0. The molecule has 2 unspecified atom stereocenters. The largest absolute Gasteiger partial charge is 0.396 e. The van der Waals surface area contributed by atoms with Gasteiger partial charge in [-0.25, -0.2) is 4.98 Å². The maximum absolute atomic E-state index is 9.35. The maximum atomic E-state index is 9.35. The monoisotopic (exact) mass is 246 g/mol. The predicted octanol–water partition coefficient (Wildman–Crippen LogP) is 1.50. The number of rotatable bonds is 3. The minimum absolute atomic E-state index is 0.192. The fourth-order valence-corrected chi connectivity index (χ4v) is 2.45. The summed E-state index contributed by atoms with van der Waals surface area (Å²) in [5.74, 6) is 0.926. The van der Waals surface area contributed by atoms with Gasteiger partial charge in [0.1, 0.15) is 11.9 Å². The van der Waals surface area contributed by atoms with Crippen molar-refractivity contribution in [1.29, 1.82) is 5.26 Å². The Balaban J connectivity index is 2.11. The van der Waals surface area contributed by atoms with Crippen molar-refractivity contribution in [2.75, 3.05) is 17.7 Å². The van der Waals surface area contributed by atoms with Crippen LogP contribution in [0.25, 0.3) is 0 Å². The Kier molecular flexibility index (Phi) is 4.00. The van der Waals surface area contributed by atoms with Crippen LogP contribution in [0.1, 0.15) is 31.4 Å². The highest BCUT2D eigenvalue weighted by atomic mass is 16.3. The van der Waals surface area contributed by atoms with Crippen molar-refractivity contribution in [3.05, 3.63) is 17.8 Å². The molecule has 2 atom stereocenters. The molecule has 0 saturated heterocycles. The highest BCUT2D eigenvalue weighted by Gasteiger charge is 2.24. The molecule has 1 aromatic rings. The van der Waals surface area contributed by atoms with Crippen LogP contribution in [0.2, 0.25) is 0 Å². The molecule has 5 heteroatoms. The van der Waals surface area contributed by atoms with Crippen molar-refractivity contribution in [3.63, 3.8) is 0 Å². The molecule has 2 rings (SSSR count). The molecule has 0 amide bonds. The second-order valence-corrected chi connectivity index (χ2v) is 4.72. The molecule has 1 saturated carbocycles. The van der Waals surface area contributed by atoms with Gasteiger partial charge in [0.05, 0.1) is 5.69 Å². The highest BCUT2D eigenvalue weighted by molar-refractivity contribution is 5.54. The molecule has 0 spiro atoms. The second kappa shape index (κ2) is 5.69. The summed E-state index contributed by atoms with van der Waals surface area (Å²) >= 11 is 0. The number of hydrogen-bond donors (Lipinski definition) is 3.